The Balaban J connectivity index is 1.89. The first-order valence-corrected chi connectivity index (χ1v) is 5.23. The number of benzene rings is 1. The van der Waals surface area contributed by atoms with Crippen molar-refractivity contribution in [1.82, 2.24) is 15.5 Å². The zero-order valence-electron chi connectivity index (χ0n) is 8.46. The summed E-state index contributed by atoms with van der Waals surface area (Å²) >= 11 is 0. The molecule has 3 rings (SSSR count). The van der Waals surface area contributed by atoms with Crippen LogP contribution in [0.1, 0.15) is 22.5 Å². The minimum atomic E-state index is 0.925. The van der Waals surface area contributed by atoms with Crippen LogP contribution in [0.15, 0.2) is 30.3 Å². The van der Waals surface area contributed by atoms with E-state index in [-0.39, 0.29) is 0 Å². The Bertz CT molecular complexity index is 459. The number of rotatable bonds is 2. The number of nitrogens with one attached hydrogen (secondary N) is 2. The van der Waals surface area contributed by atoms with Gasteiger partial charge in [0.05, 0.1) is 11.4 Å². The maximum Gasteiger partial charge on any atom is 0.0714 e. The molecule has 1 aliphatic rings. The predicted molar refractivity (Wildman–Crippen MR) is 58.4 cm³/mol. The van der Waals surface area contributed by atoms with Crippen molar-refractivity contribution in [1.29, 1.82) is 0 Å². The Morgan fingerprint density at radius 2 is 2.00 bits per heavy atom. The second-order valence-corrected chi connectivity index (χ2v) is 3.89. The van der Waals surface area contributed by atoms with Gasteiger partial charge in [0.2, 0.25) is 0 Å². The van der Waals surface area contributed by atoms with Crippen LogP contribution >= 0.6 is 0 Å². The molecule has 0 unspecified atom stereocenters. The number of hydrogen-bond acceptors (Lipinski definition) is 2. The molecule has 0 saturated heterocycles. The van der Waals surface area contributed by atoms with E-state index in [4.69, 9.17) is 0 Å². The second-order valence-electron chi connectivity index (χ2n) is 3.89. The van der Waals surface area contributed by atoms with Gasteiger partial charge in [-0.15, -0.1) is 0 Å². The van der Waals surface area contributed by atoms with E-state index in [1.807, 2.05) is 6.07 Å². The Kier molecular flexibility index (Phi) is 2.03. The van der Waals surface area contributed by atoms with E-state index in [1.54, 1.807) is 0 Å². The molecule has 0 amide bonds. The van der Waals surface area contributed by atoms with Crippen molar-refractivity contribution in [2.45, 2.75) is 19.5 Å². The molecule has 1 aliphatic heterocycles. The van der Waals surface area contributed by atoms with Gasteiger partial charge in [0.15, 0.2) is 0 Å². The summed E-state index contributed by atoms with van der Waals surface area (Å²) in [5.74, 6) is 0. The maximum atomic E-state index is 4.37. The molecule has 2 N–H and O–H groups in total. The molecule has 2 heterocycles. The number of H-pyrrole nitrogens is 1. The van der Waals surface area contributed by atoms with Crippen molar-refractivity contribution in [3.63, 3.8) is 0 Å². The van der Waals surface area contributed by atoms with Gasteiger partial charge in [-0.1, -0.05) is 30.3 Å². The van der Waals surface area contributed by atoms with E-state index in [2.05, 4.69) is 39.8 Å². The first-order valence-electron chi connectivity index (χ1n) is 5.23. The monoisotopic (exact) mass is 199 g/mol. The van der Waals surface area contributed by atoms with Gasteiger partial charge >= 0.3 is 0 Å². The molecule has 0 fully saturated rings. The van der Waals surface area contributed by atoms with Crippen LogP contribution in [0.25, 0.3) is 0 Å². The standard InChI is InChI=1S/C12H13N3/c1-2-4-9(5-3-1)6-11-10-7-13-8-12(10)15-14-11/h1-5,13H,6-8H2,(H,14,15). The molecule has 1 aromatic carbocycles. The minimum Gasteiger partial charge on any atom is -0.307 e. The predicted octanol–water partition coefficient (Wildman–Crippen LogP) is 1.60. The van der Waals surface area contributed by atoms with E-state index < -0.39 is 0 Å². The van der Waals surface area contributed by atoms with Crippen LogP contribution in [0.4, 0.5) is 0 Å². The van der Waals surface area contributed by atoms with Crippen molar-refractivity contribution < 1.29 is 0 Å². The van der Waals surface area contributed by atoms with Crippen LogP contribution in [0.2, 0.25) is 0 Å². The molecule has 0 bridgehead atoms. The van der Waals surface area contributed by atoms with E-state index in [0.717, 1.165) is 19.5 Å². The van der Waals surface area contributed by atoms with E-state index in [1.165, 1.54) is 22.5 Å². The van der Waals surface area contributed by atoms with Gasteiger partial charge in [0.1, 0.15) is 0 Å². The third kappa shape index (κ3) is 1.55. The quantitative estimate of drug-likeness (QED) is 0.771. The number of hydrogen-bond donors (Lipinski definition) is 2. The summed E-state index contributed by atoms with van der Waals surface area (Å²) in [6.45, 7) is 1.88. The number of aromatic nitrogens is 2. The number of aromatic amines is 1. The summed E-state index contributed by atoms with van der Waals surface area (Å²) in [5.41, 5.74) is 5.11. The highest BCUT2D eigenvalue weighted by atomic mass is 15.2. The third-order valence-corrected chi connectivity index (χ3v) is 2.86. The Morgan fingerprint density at radius 3 is 2.87 bits per heavy atom. The molecule has 0 saturated carbocycles. The molecule has 1 aromatic heterocycles. The lowest BCUT2D eigenvalue weighted by atomic mass is 10.1. The van der Waals surface area contributed by atoms with Crippen molar-refractivity contribution in [2.75, 3.05) is 0 Å². The van der Waals surface area contributed by atoms with Crippen molar-refractivity contribution in [3.8, 4) is 0 Å². The molecule has 76 valence electrons. The van der Waals surface area contributed by atoms with Crippen molar-refractivity contribution in [2.24, 2.45) is 0 Å². The normalized spacial score (nSPS) is 14.1. The Hall–Kier alpha value is -1.61. The fourth-order valence-electron chi connectivity index (χ4n) is 2.05. The van der Waals surface area contributed by atoms with Crippen molar-refractivity contribution >= 4 is 0 Å². The van der Waals surface area contributed by atoms with Gasteiger partial charge < -0.3 is 5.32 Å². The summed E-state index contributed by atoms with van der Waals surface area (Å²) in [7, 11) is 0. The highest BCUT2D eigenvalue weighted by Crippen LogP contribution is 2.19. The van der Waals surface area contributed by atoms with Gasteiger partial charge in [-0.25, -0.2) is 0 Å². The van der Waals surface area contributed by atoms with Crippen LogP contribution in [-0.4, -0.2) is 10.2 Å². The summed E-state index contributed by atoms with van der Waals surface area (Å²) in [4.78, 5) is 0. The summed E-state index contributed by atoms with van der Waals surface area (Å²) in [5, 5.41) is 10.8. The molecule has 3 heteroatoms. The first-order chi connectivity index (χ1) is 7.43. The highest BCUT2D eigenvalue weighted by Gasteiger charge is 2.17. The molecule has 3 nitrogen and oxygen atoms in total. The molecule has 0 radical (unpaired) electrons. The Labute approximate surface area is 88.5 Å². The summed E-state index contributed by atoms with van der Waals surface area (Å²) < 4.78 is 0. The molecule has 15 heavy (non-hydrogen) atoms. The van der Waals surface area contributed by atoms with Gasteiger partial charge in [-0.2, -0.15) is 5.10 Å². The molecular weight excluding hydrogens is 186 g/mol. The maximum absolute atomic E-state index is 4.37. The van der Waals surface area contributed by atoms with Gasteiger partial charge in [-0.05, 0) is 5.56 Å². The van der Waals surface area contributed by atoms with Crippen LogP contribution in [0.3, 0.4) is 0 Å². The van der Waals surface area contributed by atoms with E-state index in [0.29, 0.717) is 0 Å². The zero-order chi connectivity index (χ0) is 10.1. The van der Waals surface area contributed by atoms with Gasteiger partial charge in [-0.3, -0.25) is 5.10 Å². The molecular formula is C12H13N3. The molecule has 0 spiro atoms. The first kappa shape index (κ1) is 8.68. The fraction of sp³-hybridized carbons (Fsp3) is 0.250. The third-order valence-electron chi connectivity index (χ3n) is 2.86. The average Bonchev–Trinajstić information content (AvgIpc) is 2.85. The fourth-order valence-corrected chi connectivity index (χ4v) is 2.05. The van der Waals surface area contributed by atoms with Crippen LogP contribution in [-0.2, 0) is 19.5 Å². The lowest BCUT2D eigenvalue weighted by Gasteiger charge is -1.99. The van der Waals surface area contributed by atoms with Crippen LogP contribution in [0, 0.1) is 0 Å². The number of fused-ring (bicyclic) bond motifs is 1. The molecule has 0 aliphatic carbocycles. The average molecular weight is 199 g/mol. The lowest BCUT2D eigenvalue weighted by molar-refractivity contribution is 0.734. The van der Waals surface area contributed by atoms with E-state index >= 15 is 0 Å². The summed E-state index contributed by atoms with van der Waals surface area (Å²) in [6, 6.07) is 10.5. The molecule has 0 atom stereocenters. The molecule has 2 aromatic rings. The number of nitrogens with zero attached hydrogens (tertiary/aromatic N) is 1. The van der Waals surface area contributed by atoms with E-state index in [9.17, 15) is 0 Å². The summed E-state index contributed by atoms with van der Waals surface area (Å²) in [6.07, 6.45) is 0.925. The minimum absolute atomic E-state index is 0.925. The smallest absolute Gasteiger partial charge is 0.0714 e. The zero-order valence-corrected chi connectivity index (χ0v) is 8.46. The highest BCUT2D eigenvalue weighted by molar-refractivity contribution is 5.32. The van der Waals surface area contributed by atoms with Crippen molar-refractivity contribution in [3.05, 3.63) is 52.8 Å². The SMILES string of the molecule is c1ccc(Cc2n[nH]c3c2CNC3)cc1. The lowest BCUT2D eigenvalue weighted by Crippen LogP contribution is -2.04. The van der Waals surface area contributed by atoms with Crippen LogP contribution < -0.4 is 5.32 Å². The topological polar surface area (TPSA) is 40.7 Å². The van der Waals surface area contributed by atoms with Gasteiger partial charge in [0.25, 0.3) is 0 Å². The second kappa shape index (κ2) is 3.51. The van der Waals surface area contributed by atoms with Crippen LogP contribution in [0.5, 0.6) is 0 Å². The van der Waals surface area contributed by atoms with Gasteiger partial charge in [0, 0.05) is 25.1 Å². The largest absolute Gasteiger partial charge is 0.307 e. The Morgan fingerprint density at radius 1 is 1.13 bits per heavy atom.